The SMILES string of the molecule is CC(=O)N1CCC(NC2CCOCC2)=C(C(=N)c2cccc3cc(N4CCC(C(F)F)C4)ncc23)C1. The third-order valence-corrected chi connectivity index (χ3v) is 7.62. The summed E-state index contributed by atoms with van der Waals surface area (Å²) in [5, 5.41) is 14.6. The summed E-state index contributed by atoms with van der Waals surface area (Å²) in [7, 11) is 0. The predicted octanol–water partition coefficient (Wildman–Crippen LogP) is 3.97. The Morgan fingerprint density at radius 3 is 2.75 bits per heavy atom. The standard InChI is InChI=1S/C27H33F2N5O2/c1-17(35)33-10-6-24(32-20-7-11-36-12-8-20)23(16-33)26(30)21-4-2-3-18-13-25(31-14-22(18)21)34-9-5-19(15-34)27(28)29/h2-4,13-14,19-20,27,30,32H,5-12,15-16H2,1H3. The molecule has 0 bridgehead atoms. The van der Waals surface area contributed by atoms with E-state index in [0.717, 1.165) is 53.7 Å². The van der Waals surface area contributed by atoms with E-state index < -0.39 is 12.3 Å². The van der Waals surface area contributed by atoms with Crippen molar-refractivity contribution >= 4 is 28.2 Å². The maximum atomic E-state index is 13.1. The minimum absolute atomic E-state index is 0.00218. The Hall–Kier alpha value is -3.07. The van der Waals surface area contributed by atoms with Crippen LogP contribution in [0.25, 0.3) is 10.8 Å². The maximum absolute atomic E-state index is 13.1. The molecule has 192 valence electrons. The molecule has 3 aliphatic heterocycles. The fraction of sp³-hybridized carbons (Fsp3) is 0.519. The summed E-state index contributed by atoms with van der Waals surface area (Å²) in [6.45, 7) is 4.92. The Bertz CT molecular complexity index is 1180. The van der Waals surface area contributed by atoms with Crippen molar-refractivity contribution in [2.75, 3.05) is 44.3 Å². The Morgan fingerprint density at radius 2 is 2.03 bits per heavy atom. The summed E-state index contributed by atoms with van der Waals surface area (Å²) in [6, 6.07) is 8.03. The van der Waals surface area contributed by atoms with Gasteiger partial charge in [0.05, 0.1) is 5.71 Å². The first-order valence-corrected chi connectivity index (χ1v) is 12.7. The highest BCUT2D eigenvalue weighted by Crippen LogP contribution is 2.31. The number of carbonyl (C=O) groups excluding carboxylic acids is 1. The van der Waals surface area contributed by atoms with Crippen molar-refractivity contribution in [2.24, 2.45) is 5.92 Å². The second kappa shape index (κ2) is 10.5. The Kier molecular flexibility index (Phi) is 7.18. The van der Waals surface area contributed by atoms with E-state index in [0.29, 0.717) is 56.6 Å². The zero-order valence-corrected chi connectivity index (χ0v) is 20.6. The molecule has 2 aromatic rings. The maximum Gasteiger partial charge on any atom is 0.243 e. The largest absolute Gasteiger partial charge is 0.385 e. The first-order valence-electron chi connectivity index (χ1n) is 12.7. The second-order valence-electron chi connectivity index (χ2n) is 9.95. The molecule has 0 saturated carbocycles. The van der Waals surface area contributed by atoms with Crippen LogP contribution in [-0.2, 0) is 9.53 Å². The molecular formula is C27H33F2N5O2. The van der Waals surface area contributed by atoms with E-state index in [2.05, 4.69) is 10.3 Å². The molecule has 36 heavy (non-hydrogen) atoms. The minimum Gasteiger partial charge on any atom is -0.385 e. The molecule has 0 spiro atoms. The normalized spacial score (nSPS) is 21.5. The Labute approximate surface area is 210 Å². The number of halogens is 2. The van der Waals surface area contributed by atoms with Crippen LogP contribution in [-0.4, -0.2) is 73.4 Å². The van der Waals surface area contributed by atoms with Crippen molar-refractivity contribution in [1.29, 1.82) is 5.41 Å². The highest BCUT2D eigenvalue weighted by molar-refractivity contribution is 6.18. The molecule has 1 aromatic carbocycles. The number of pyridine rings is 1. The number of fused-ring (bicyclic) bond motifs is 1. The van der Waals surface area contributed by atoms with Crippen molar-refractivity contribution in [3.05, 3.63) is 47.3 Å². The molecule has 3 aliphatic rings. The van der Waals surface area contributed by atoms with Crippen LogP contribution in [0, 0.1) is 11.3 Å². The summed E-state index contributed by atoms with van der Waals surface area (Å²) in [6.07, 6.45) is 2.43. The molecular weight excluding hydrogens is 464 g/mol. The molecule has 1 unspecified atom stereocenters. The topological polar surface area (TPSA) is 81.6 Å². The average molecular weight is 498 g/mol. The fourth-order valence-corrected chi connectivity index (χ4v) is 5.42. The van der Waals surface area contributed by atoms with Gasteiger partial charge in [0.1, 0.15) is 5.82 Å². The molecule has 1 aromatic heterocycles. The molecule has 1 atom stereocenters. The van der Waals surface area contributed by atoms with Gasteiger partial charge in [-0.15, -0.1) is 0 Å². The molecule has 7 nitrogen and oxygen atoms in total. The van der Waals surface area contributed by atoms with Crippen molar-refractivity contribution in [1.82, 2.24) is 15.2 Å². The van der Waals surface area contributed by atoms with Gasteiger partial charge in [-0.1, -0.05) is 18.2 Å². The van der Waals surface area contributed by atoms with Crippen molar-refractivity contribution in [3.63, 3.8) is 0 Å². The lowest BCUT2D eigenvalue weighted by Crippen LogP contribution is -2.43. The van der Waals surface area contributed by atoms with Crippen LogP contribution in [0.2, 0.25) is 0 Å². The highest BCUT2D eigenvalue weighted by Gasteiger charge is 2.31. The summed E-state index contributed by atoms with van der Waals surface area (Å²) in [5.41, 5.74) is 3.00. The molecule has 5 rings (SSSR count). The van der Waals surface area contributed by atoms with Crippen molar-refractivity contribution < 1.29 is 18.3 Å². The van der Waals surface area contributed by atoms with E-state index in [4.69, 9.17) is 4.74 Å². The van der Waals surface area contributed by atoms with Gasteiger partial charge < -0.3 is 19.9 Å². The Balaban J connectivity index is 1.45. The number of ether oxygens (including phenoxy) is 1. The minimum atomic E-state index is -2.31. The third kappa shape index (κ3) is 5.07. The first-order chi connectivity index (χ1) is 17.4. The number of hydrogen-bond donors (Lipinski definition) is 2. The summed E-state index contributed by atoms with van der Waals surface area (Å²) >= 11 is 0. The number of amides is 1. The van der Waals surface area contributed by atoms with E-state index in [1.165, 1.54) is 0 Å². The lowest BCUT2D eigenvalue weighted by Gasteiger charge is -2.34. The van der Waals surface area contributed by atoms with E-state index in [1.807, 2.05) is 29.2 Å². The Morgan fingerprint density at radius 1 is 1.22 bits per heavy atom. The summed E-state index contributed by atoms with van der Waals surface area (Å²) in [4.78, 5) is 20.5. The van der Waals surface area contributed by atoms with Crippen molar-refractivity contribution in [3.8, 4) is 0 Å². The molecule has 4 heterocycles. The van der Waals surface area contributed by atoms with Crippen LogP contribution in [0.5, 0.6) is 0 Å². The van der Waals surface area contributed by atoms with Gasteiger partial charge in [-0.25, -0.2) is 13.8 Å². The van der Waals surface area contributed by atoms with E-state index in [1.54, 1.807) is 18.0 Å². The molecule has 1 amide bonds. The van der Waals surface area contributed by atoms with E-state index >= 15 is 0 Å². The average Bonchev–Trinajstić information content (AvgIpc) is 3.39. The summed E-state index contributed by atoms with van der Waals surface area (Å²) in [5.74, 6) is 0.0734. The number of nitrogens with zero attached hydrogens (tertiary/aromatic N) is 3. The molecule has 2 saturated heterocycles. The molecule has 2 N–H and O–H groups in total. The summed E-state index contributed by atoms with van der Waals surface area (Å²) < 4.78 is 31.8. The first kappa shape index (κ1) is 24.6. The number of carbonyl (C=O) groups is 1. The van der Waals surface area contributed by atoms with Gasteiger partial charge in [-0.2, -0.15) is 0 Å². The van der Waals surface area contributed by atoms with Gasteiger partial charge >= 0.3 is 0 Å². The predicted molar refractivity (Wildman–Crippen MR) is 136 cm³/mol. The van der Waals surface area contributed by atoms with Crippen LogP contribution >= 0.6 is 0 Å². The smallest absolute Gasteiger partial charge is 0.243 e. The number of aromatic nitrogens is 1. The third-order valence-electron chi connectivity index (χ3n) is 7.62. The van der Waals surface area contributed by atoms with Gasteiger partial charge in [-0.05, 0) is 30.7 Å². The monoisotopic (exact) mass is 497 g/mol. The number of rotatable bonds is 6. The zero-order valence-electron chi connectivity index (χ0n) is 20.6. The van der Waals surface area contributed by atoms with Gasteiger partial charge in [0.25, 0.3) is 0 Å². The van der Waals surface area contributed by atoms with Gasteiger partial charge in [0.2, 0.25) is 12.3 Å². The van der Waals surface area contributed by atoms with E-state index in [-0.39, 0.29) is 5.91 Å². The van der Waals surface area contributed by atoms with Crippen LogP contribution in [0.15, 0.2) is 41.7 Å². The lowest BCUT2D eigenvalue weighted by molar-refractivity contribution is -0.128. The quantitative estimate of drug-likeness (QED) is 0.591. The van der Waals surface area contributed by atoms with Crippen molar-refractivity contribution in [2.45, 2.75) is 45.1 Å². The van der Waals surface area contributed by atoms with Crippen LogP contribution in [0.4, 0.5) is 14.6 Å². The number of nitrogens with one attached hydrogen (secondary N) is 2. The zero-order chi connectivity index (χ0) is 25.2. The van der Waals surface area contributed by atoms with Gasteiger partial charge in [0, 0.05) is 93.1 Å². The van der Waals surface area contributed by atoms with E-state index in [9.17, 15) is 19.0 Å². The van der Waals surface area contributed by atoms with Crippen LogP contribution in [0.3, 0.4) is 0 Å². The molecule has 9 heteroatoms. The highest BCUT2D eigenvalue weighted by atomic mass is 19.3. The number of anilines is 1. The number of hydrogen-bond acceptors (Lipinski definition) is 6. The number of alkyl halides is 2. The molecule has 0 radical (unpaired) electrons. The lowest BCUT2D eigenvalue weighted by atomic mass is 9.92. The van der Waals surface area contributed by atoms with Gasteiger partial charge in [0.15, 0.2) is 0 Å². The van der Waals surface area contributed by atoms with Crippen LogP contribution < -0.4 is 10.2 Å². The van der Waals surface area contributed by atoms with Crippen LogP contribution in [0.1, 0.15) is 38.2 Å². The van der Waals surface area contributed by atoms with Gasteiger partial charge in [-0.3, -0.25) is 10.2 Å². The molecule has 2 fully saturated rings. The molecule has 0 aliphatic carbocycles. The second-order valence-corrected chi connectivity index (χ2v) is 9.95. The number of benzene rings is 1. The fourth-order valence-electron chi connectivity index (χ4n) is 5.42.